The summed E-state index contributed by atoms with van der Waals surface area (Å²) in [4.78, 5) is 39.5. The maximum Gasteiger partial charge on any atom is 0.313 e. The predicted octanol–water partition coefficient (Wildman–Crippen LogP) is 4.87. The van der Waals surface area contributed by atoms with E-state index in [0.29, 0.717) is 156 Å². The third-order valence-corrected chi connectivity index (χ3v) is 11.4. The molecule has 0 spiro atoms. The number of halogens is 3. The van der Waals surface area contributed by atoms with E-state index in [2.05, 4.69) is 26.5 Å². The van der Waals surface area contributed by atoms with E-state index in [4.69, 9.17) is 53.1 Å². The van der Waals surface area contributed by atoms with Gasteiger partial charge >= 0.3 is 5.97 Å². The topological polar surface area (TPSA) is 193 Å². The number of thiophene rings is 1. The molecule has 0 fully saturated rings. The van der Waals surface area contributed by atoms with Gasteiger partial charge in [-0.2, -0.15) is 4.39 Å². The Kier molecular flexibility index (Phi) is 31.0. The van der Waals surface area contributed by atoms with Crippen molar-refractivity contribution >= 4 is 55.4 Å². The van der Waals surface area contributed by atoms with Crippen molar-refractivity contribution < 1.29 is 74.9 Å². The minimum atomic E-state index is -1.57. The molecule has 1 aromatic carbocycles. The van der Waals surface area contributed by atoms with E-state index in [1.165, 1.54) is 0 Å². The molecule has 1 aliphatic heterocycles. The molecule has 0 radical (unpaired) electrons. The zero-order valence-corrected chi connectivity index (χ0v) is 43.4. The summed E-state index contributed by atoms with van der Waals surface area (Å²) in [7, 11) is 3.92. The smallest absolute Gasteiger partial charge is 0.313 e. The Balaban J connectivity index is 0.833. The number of fused-ring (bicyclic) bond motifs is 1. The van der Waals surface area contributed by atoms with Crippen LogP contribution in [0.25, 0.3) is 6.08 Å². The summed E-state index contributed by atoms with van der Waals surface area (Å²) in [6.45, 7) is 12.4. The minimum absolute atomic E-state index is 0.0303. The monoisotopic (exact) mass is 1060 g/mol. The lowest BCUT2D eigenvalue weighted by Crippen LogP contribution is -2.33. The number of amides is 1. The third-order valence-electron chi connectivity index (χ3n) is 10.1. The normalized spacial score (nSPS) is 12.5. The minimum Gasteiger partial charge on any atom is -0.420 e. The van der Waals surface area contributed by atoms with Crippen molar-refractivity contribution in [3.63, 3.8) is 0 Å². The van der Waals surface area contributed by atoms with Gasteiger partial charge < -0.3 is 62.7 Å². The molecular weight excluding hydrogens is 987 g/mol. The molecule has 1 amide bonds. The van der Waals surface area contributed by atoms with Crippen molar-refractivity contribution in [1.29, 1.82) is 0 Å². The van der Waals surface area contributed by atoms with Crippen molar-refractivity contribution in [1.82, 2.24) is 14.8 Å². The molecular formula is C49H71F3N5O13PS. The SMILES string of the molecule is CCCN(Cc1ccc(CN(C)CCOCCOCCOCCOCCOCCOCCOCCOCCOCCOCCC(=O)Oc2c(F)c(F)cc(P)c2F)nc1)C(=O)C1=Cc2sccc2N=C(N)C1. The first-order chi connectivity index (χ1) is 35.0. The first kappa shape index (κ1) is 60.6. The van der Waals surface area contributed by atoms with Crippen molar-refractivity contribution in [3.05, 3.63) is 75.0 Å². The average Bonchev–Trinajstić information content (AvgIpc) is 3.73. The molecule has 0 saturated heterocycles. The van der Waals surface area contributed by atoms with Gasteiger partial charge in [-0.3, -0.25) is 19.5 Å². The maximum atomic E-state index is 13.9. The predicted molar refractivity (Wildman–Crippen MR) is 269 cm³/mol. The second-order valence-corrected chi connectivity index (χ2v) is 17.6. The zero-order chi connectivity index (χ0) is 51.6. The van der Waals surface area contributed by atoms with E-state index in [-0.39, 0.29) is 37.5 Å². The number of hydrogen-bond acceptors (Lipinski definition) is 18. The van der Waals surface area contributed by atoms with Gasteiger partial charge in [-0.1, -0.05) is 13.0 Å². The number of carbonyl (C=O) groups excluding carboxylic acids is 2. The van der Waals surface area contributed by atoms with Crippen LogP contribution < -0.4 is 15.8 Å². The molecule has 0 bridgehead atoms. The van der Waals surface area contributed by atoms with Crippen LogP contribution in [0.4, 0.5) is 18.9 Å². The average molecular weight is 1060 g/mol. The van der Waals surface area contributed by atoms with Crippen LogP contribution >= 0.6 is 20.6 Å². The number of likely N-dealkylation sites (N-methyl/N-ethyl adjacent to an activating group) is 1. The Labute approximate surface area is 426 Å². The number of nitrogens with zero attached hydrogens (tertiary/aromatic N) is 4. The van der Waals surface area contributed by atoms with Gasteiger partial charge in [0.05, 0.1) is 155 Å². The summed E-state index contributed by atoms with van der Waals surface area (Å²) < 4.78 is 101. The molecule has 0 aliphatic carbocycles. The number of carbonyl (C=O) groups is 2. The number of esters is 1. The van der Waals surface area contributed by atoms with Gasteiger partial charge in [0, 0.05) is 49.7 Å². The maximum absolute atomic E-state index is 13.9. The fraction of sp³-hybridized carbons (Fsp3) is 0.592. The lowest BCUT2D eigenvalue weighted by atomic mass is 10.1. The van der Waals surface area contributed by atoms with E-state index in [1.54, 1.807) is 11.3 Å². The van der Waals surface area contributed by atoms with Crippen molar-refractivity contribution in [2.75, 3.05) is 152 Å². The van der Waals surface area contributed by atoms with Crippen LogP contribution in [0.1, 0.15) is 42.3 Å². The number of pyridine rings is 1. The molecule has 1 aliphatic rings. The highest BCUT2D eigenvalue weighted by Gasteiger charge is 2.23. The van der Waals surface area contributed by atoms with Gasteiger partial charge in [-0.15, -0.1) is 20.6 Å². The van der Waals surface area contributed by atoms with Gasteiger partial charge in [-0.05, 0) is 48.7 Å². The van der Waals surface area contributed by atoms with Crippen LogP contribution in [0.15, 0.2) is 46.4 Å². The van der Waals surface area contributed by atoms with Gasteiger partial charge in [0.2, 0.25) is 11.6 Å². The van der Waals surface area contributed by atoms with Crippen LogP contribution in [0.5, 0.6) is 5.75 Å². The van der Waals surface area contributed by atoms with Crippen LogP contribution in [0.3, 0.4) is 0 Å². The molecule has 23 heteroatoms. The standard InChI is InChI=1S/C49H71F3N5O13PS/c1-3-8-57(49(59)38-31-43-41(7-30-72-43)55-44(53)32-38)35-37-4-5-39(54-34-37)36-56(2)9-11-61-13-15-63-17-19-65-21-23-67-25-27-69-29-28-68-26-24-66-22-20-64-18-16-62-14-12-60-10-6-45(58)70-48-46(51)40(50)33-42(71)47(48)52/h4-5,7,30-31,33-34H,3,6,8-29,32,35-36,71H2,1-2H3,(H2,53,55). The fourth-order valence-electron chi connectivity index (χ4n) is 6.50. The Bertz CT molecular complexity index is 2050. The molecule has 2 aromatic heterocycles. The molecule has 1 atom stereocenters. The number of ether oxygens (including phenoxy) is 11. The van der Waals surface area contributed by atoms with Crippen molar-refractivity contribution in [2.45, 2.75) is 39.3 Å². The van der Waals surface area contributed by atoms with Gasteiger partial charge in [0.1, 0.15) is 5.84 Å². The molecule has 18 nitrogen and oxygen atoms in total. The Morgan fingerprint density at radius 2 is 1.21 bits per heavy atom. The molecule has 2 N–H and O–H groups in total. The van der Waals surface area contributed by atoms with Crippen LogP contribution in [0.2, 0.25) is 0 Å². The highest BCUT2D eigenvalue weighted by molar-refractivity contribution is 7.27. The first-order valence-electron chi connectivity index (χ1n) is 24.0. The number of aliphatic imine (C=N–C) groups is 1. The summed E-state index contributed by atoms with van der Waals surface area (Å²) in [5.41, 5.74) is 9.50. The fourth-order valence-corrected chi connectivity index (χ4v) is 7.57. The zero-order valence-electron chi connectivity index (χ0n) is 41.4. The largest absolute Gasteiger partial charge is 0.420 e. The molecule has 4 rings (SSSR count). The van der Waals surface area contributed by atoms with E-state index in [0.717, 1.165) is 34.8 Å². The lowest BCUT2D eigenvalue weighted by molar-refractivity contribution is -0.136. The molecule has 402 valence electrons. The Hall–Kier alpha value is -4.00. The Morgan fingerprint density at radius 3 is 1.71 bits per heavy atom. The van der Waals surface area contributed by atoms with E-state index >= 15 is 0 Å². The van der Waals surface area contributed by atoms with Gasteiger partial charge in [0.15, 0.2) is 11.6 Å². The molecule has 1 unspecified atom stereocenters. The summed E-state index contributed by atoms with van der Waals surface area (Å²) >= 11 is 1.55. The van der Waals surface area contributed by atoms with Crippen LogP contribution in [0, 0.1) is 17.5 Å². The van der Waals surface area contributed by atoms with E-state index in [9.17, 15) is 22.8 Å². The van der Waals surface area contributed by atoms with Crippen LogP contribution in [-0.4, -0.2) is 185 Å². The summed E-state index contributed by atoms with van der Waals surface area (Å²) in [5.74, 6) is -5.69. The summed E-state index contributed by atoms with van der Waals surface area (Å²) in [5, 5.41) is 1.69. The summed E-state index contributed by atoms with van der Waals surface area (Å²) in [6.07, 6.45) is 4.65. The van der Waals surface area contributed by atoms with Gasteiger partial charge in [0.25, 0.3) is 5.91 Å². The second-order valence-electron chi connectivity index (χ2n) is 16.0. The quantitative estimate of drug-likeness (QED) is 0.0266. The van der Waals surface area contributed by atoms with Crippen molar-refractivity contribution in [3.8, 4) is 5.75 Å². The van der Waals surface area contributed by atoms with E-state index < -0.39 is 29.2 Å². The third kappa shape index (κ3) is 24.8. The highest BCUT2D eigenvalue weighted by Crippen LogP contribution is 2.32. The van der Waals surface area contributed by atoms with Gasteiger partial charge in [-0.25, -0.2) is 13.8 Å². The number of amidine groups is 1. The molecule has 72 heavy (non-hydrogen) atoms. The molecule has 3 heterocycles. The number of hydrogen-bond donors (Lipinski definition) is 1. The number of rotatable bonds is 41. The highest BCUT2D eigenvalue weighted by atomic mass is 32.1. The molecule has 0 saturated carbocycles. The first-order valence-corrected chi connectivity index (χ1v) is 25.4. The van der Waals surface area contributed by atoms with E-state index in [1.807, 2.05) is 57.0 Å². The number of benzene rings is 1. The lowest BCUT2D eigenvalue weighted by Gasteiger charge is -2.23. The van der Waals surface area contributed by atoms with Crippen molar-refractivity contribution in [2.24, 2.45) is 10.7 Å². The Morgan fingerprint density at radius 1 is 0.694 bits per heavy atom. The summed E-state index contributed by atoms with van der Waals surface area (Å²) in [6, 6.07) is 6.61. The second kappa shape index (κ2) is 36.8. The number of aromatic nitrogens is 1. The molecule has 3 aromatic rings. The number of nitrogens with two attached hydrogens (primary N) is 1. The van der Waals surface area contributed by atoms with Crippen LogP contribution in [-0.2, 0) is 70.0 Å².